The fourth-order valence-corrected chi connectivity index (χ4v) is 2.88. The van der Waals surface area contributed by atoms with Crippen molar-refractivity contribution in [3.05, 3.63) is 53.9 Å². The van der Waals surface area contributed by atoms with E-state index in [-0.39, 0.29) is 0 Å². The molecule has 0 radical (unpaired) electrons. The van der Waals surface area contributed by atoms with Gasteiger partial charge in [0.05, 0.1) is 5.36 Å². The molecule has 0 atom stereocenters. The van der Waals surface area contributed by atoms with Gasteiger partial charge < -0.3 is 0 Å². The fraction of sp³-hybridized carbons (Fsp3) is 0. The predicted octanol–water partition coefficient (Wildman–Crippen LogP) is 3.53. The van der Waals surface area contributed by atoms with E-state index in [1.165, 1.54) is 9.40 Å². The number of hydrogen-bond donors (Lipinski definition) is 1. The van der Waals surface area contributed by atoms with Crippen molar-refractivity contribution >= 4 is 31.5 Å². The van der Waals surface area contributed by atoms with Crippen LogP contribution in [-0.2, 0) is 0 Å². The first-order chi connectivity index (χ1) is 7.36. The summed E-state index contributed by atoms with van der Waals surface area (Å²) in [7, 11) is 0. The molecule has 1 N–H and O–H groups in total. The van der Waals surface area contributed by atoms with E-state index in [0.717, 1.165) is 10.8 Å². The Balaban J connectivity index is 2.66. The van der Waals surface area contributed by atoms with Gasteiger partial charge in [0.25, 0.3) is 0 Å². The Morgan fingerprint density at radius 1 is 0.733 bits per heavy atom. The van der Waals surface area contributed by atoms with Gasteiger partial charge in [-0.15, -0.1) is 11.3 Å². The second-order valence-corrected chi connectivity index (χ2v) is 4.55. The van der Waals surface area contributed by atoms with Gasteiger partial charge in [-0.3, -0.25) is 5.41 Å². The van der Waals surface area contributed by atoms with Crippen molar-refractivity contribution in [3.63, 3.8) is 0 Å². The Bertz CT molecular complexity index is 640. The van der Waals surface area contributed by atoms with E-state index >= 15 is 0 Å². The molecule has 72 valence electrons. The third-order valence-corrected chi connectivity index (χ3v) is 3.68. The third kappa shape index (κ3) is 1.26. The molecule has 3 rings (SSSR count). The van der Waals surface area contributed by atoms with Gasteiger partial charge >= 0.3 is 0 Å². The van der Waals surface area contributed by atoms with Crippen molar-refractivity contribution in [1.82, 2.24) is 0 Å². The van der Waals surface area contributed by atoms with Gasteiger partial charge in [-0.1, -0.05) is 36.4 Å². The summed E-state index contributed by atoms with van der Waals surface area (Å²) in [5.41, 5.74) is 0. The second kappa shape index (κ2) is 3.17. The zero-order valence-electron chi connectivity index (χ0n) is 8.03. The van der Waals surface area contributed by atoms with E-state index in [1.54, 1.807) is 11.3 Å². The first kappa shape index (κ1) is 8.62. The van der Waals surface area contributed by atoms with Crippen LogP contribution in [0.3, 0.4) is 0 Å². The van der Waals surface area contributed by atoms with E-state index in [0.29, 0.717) is 5.36 Å². The lowest BCUT2D eigenvalue weighted by atomic mass is 10.2. The maximum Gasteiger partial charge on any atom is 0.0712 e. The van der Waals surface area contributed by atoms with Gasteiger partial charge in [-0.25, -0.2) is 0 Å². The average molecular weight is 211 g/mol. The van der Waals surface area contributed by atoms with Crippen LogP contribution >= 0.6 is 11.3 Å². The summed E-state index contributed by atoms with van der Waals surface area (Å²) in [6.07, 6.45) is 0. The van der Waals surface area contributed by atoms with Gasteiger partial charge in [0.15, 0.2) is 0 Å². The van der Waals surface area contributed by atoms with E-state index in [9.17, 15) is 0 Å². The van der Waals surface area contributed by atoms with E-state index in [2.05, 4.69) is 12.1 Å². The molecule has 0 amide bonds. The zero-order chi connectivity index (χ0) is 10.3. The van der Waals surface area contributed by atoms with Crippen LogP contribution in [0.4, 0.5) is 0 Å². The summed E-state index contributed by atoms with van der Waals surface area (Å²) in [6.45, 7) is 0. The monoisotopic (exact) mass is 211 g/mol. The summed E-state index contributed by atoms with van der Waals surface area (Å²) in [5, 5.41) is 10.9. The zero-order valence-corrected chi connectivity index (χ0v) is 8.84. The number of rotatable bonds is 0. The molecule has 0 spiro atoms. The smallest absolute Gasteiger partial charge is 0.0712 e. The quantitative estimate of drug-likeness (QED) is 0.550. The van der Waals surface area contributed by atoms with Crippen molar-refractivity contribution < 1.29 is 0 Å². The van der Waals surface area contributed by atoms with Crippen LogP contribution in [0.25, 0.3) is 20.2 Å². The minimum atomic E-state index is 0.639. The molecule has 3 aromatic rings. The molecule has 0 saturated carbocycles. The summed E-state index contributed by atoms with van der Waals surface area (Å²) in [5.74, 6) is 0. The van der Waals surface area contributed by atoms with Crippen LogP contribution in [0.15, 0.2) is 48.5 Å². The highest BCUT2D eigenvalue weighted by molar-refractivity contribution is 7.24. The molecule has 0 bridgehead atoms. The SMILES string of the molecule is N=c1c2ccccc2sc2ccccc12. The van der Waals surface area contributed by atoms with Crippen LogP contribution in [0.5, 0.6) is 0 Å². The van der Waals surface area contributed by atoms with Crippen LogP contribution in [-0.4, -0.2) is 0 Å². The van der Waals surface area contributed by atoms with E-state index in [4.69, 9.17) is 5.41 Å². The van der Waals surface area contributed by atoms with E-state index in [1.807, 2.05) is 36.4 Å². The maximum absolute atomic E-state index is 8.14. The molecule has 15 heavy (non-hydrogen) atoms. The van der Waals surface area contributed by atoms with Gasteiger partial charge in [-0.05, 0) is 12.1 Å². The topological polar surface area (TPSA) is 23.9 Å². The molecular formula is C13H9NS. The lowest BCUT2D eigenvalue weighted by molar-refractivity contribution is 1.34. The van der Waals surface area contributed by atoms with Crippen molar-refractivity contribution in [1.29, 1.82) is 5.41 Å². The minimum absolute atomic E-state index is 0.639. The molecule has 0 aliphatic heterocycles. The molecule has 1 heterocycles. The summed E-state index contributed by atoms with van der Waals surface area (Å²) < 4.78 is 2.36. The molecule has 2 aromatic carbocycles. The molecule has 0 aliphatic rings. The van der Waals surface area contributed by atoms with Crippen LogP contribution in [0.2, 0.25) is 0 Å². The Hall–Kier alpha value is -1.67. The Morgan fingerprint density at radius 2 is 1.20 bits per heavy atom. The third-order valence-electron chi connectivity index (χ3n) is 2.53. The highest BCUT2D eigenvalue weighted by Crippen LogP contribution is 2.23. The largest absolute Gasteiger partial charge is 0.300 e. The van der Waals surface area contributed by atoms with Crippen molar-refractivity contribution in [2.24, 2.45) is 0 Å². The van der Waals surface area contributed by atoms with Crippen LogP contribution < -0.4 is 5.36 Å². The summed E-state index contributed by atoms with van der Waals surface area (Å²) >= 11 is 1.75. The number of fused-ring (bicyclic) bond motifs is 2. The van der Waals surface area contributed by atoms with Crippen LogP contribution in [0, 0.1) is 5.41 Å². The fourth-order valence-electron chi connectivity index (χ4n) is 1.79. The molecule has 1 aromatic heterocycles. The predicted molar refractivity (Wildman–Crippen MR) is 65.2 cm³/mol. The lowest BCUT2D eigenvalue weighted by Gasteiger charge is -2.01. The Labute approximate surface area is 91.1 Å². The van der Waals surface area contributed by atoms with Gasteiger partial charge in [-0.2, -0.15) is 0 Å². The standard InChI is InChI=1S/C13H9NS/c14-13-9-5-1-3-7-11(9)15-12-8-4-2-6-10(12)13/h1-8,14H. The summed E-state index contributed by atoms with van der Waals surface area (Å²) in [6, 6.07) is 16.2. The van der Waals surface area contributed by atoms with Gasteiger partial charge in [0, 0.05) is 20.2 Å². The highest BCUT2D eigenvalue weighted by Gasteiger charge is 2.00. The van der Waals surface area contributed by atoms with Crippen molar-refractivity contribution in [2.75, 3.05) is 0 Å². The highest BCUT2D eigenvalue weighted by atomic mass is 32.1. The number of benzene rings is 2. The first-order valence-electron chi connectivity index (χ1n) is 4.81. The lowest BCUT2D eigenvalue weighted by Crippen LogP contribution is -2.00. The van der Waals surface area contributed by atoms with Crippen molar-refractivity contribution in [2.45, 2.75) is 0 Å². The molecule has 0 saturated heterocycles. The maximum atomic E-state index is 8.14. The molecule has 0 fully saturated rings. The average Bonchev–Trinajstić information content (AvgIpc) is 2.30. The van der Waals surface area contributed by atoms with Gasteiger partial charge in [0.2, 0.25) is 0 Å². The normalized spacial score (nSPS) is 10.9. The Morgan fingerprint density at radius 3 is 1.73 bits per heavy atom. The number of nitrogens with one attached hydrogen (secondary N) is 1. The second-order valence-electron chi connectivity index (χ2n) is 3.47. The van der Waals surface area contributed by atoms with Gasteiger partial charge in [0.1, 0.15) is 0 Å². The molecule has 0 unspecified atom stereocenters. The summed E-state index contributed by atoms with van der Waals surface area (Å²) in [4.78, 5) is 0. The molecular weight excluding hydrogens is 202 g/mol. The number of hydrogen-bond acceptors (Lipinski definition) is 2. The molecule has 1 nitrogen and oxygen atoms in total. The first-order valence-corrected chi connectivity index (χ1v) is 5.63. The molecule has 0 aliphatic carbocycles. The van der Waals surface area contributed by atoms with Crippen molar-refractivity contribution in [3.8, 4) is 0 Å². The van der Waals surface area contributed by atoms with E-state index < -0.39 is 0 Å². The molecule has 2 heteroatoms. The Kier molecular flexibility index (Phi) is 1.82. The van der Waals surface area contributed by atoms with Crippen LogP contribution in [0.1, 0.15) is 0 Å². The minimum Gasteiger partial charge on any atom is -0.300 e.